The lowest BCUT2D eigenvalue weighted by molar-refractivity contribution is -0.140. The van der Waals surface area contributed by atoms with Crippen molar-refractivity contribution in [1.82, 2.24) is 24.1 Å². The fraction of sp³-hybridized carbons (Fsp3) is 0.400. The molecule has 1 saturated carbocycles. The number of rotatable bonds is 3. The Hall–Kier alpha value is -2.72. The van der Waals surface area contributed by atoms with E-state index in [4.69, 9.17) is 0 Å². The smallest absolute Gasteiger partial charge is 0.328 e. The molecule has 1 fully saturated rings. The Bertz CT molecular complexity index is 1070. The van der Waals surface area contributed by atoms with Gasteiger partial charge in [-0.1, -0.05) is 0 Å². The van der Waals surface area contributed by atoms with Gasteiger partial charge in [-0.2, -0.15) is 18.3 Å². The van der Waals surface area contributed by atoms with E-state index in [0.717, 1.165) is 21.5 Å². The van der Waals surface area contributed by atoms with Crippen molar-refractivity contribution in [3.63, 3.8) is 0 Å². The van der Waals surface area contributed by atoms with Crippen molar-refractivity contribution in [2.45, 2.75) is 32.0 Å². The van der Waals surface area contributed by atoms with Gasteiger partial charge in [0.25, 0.3) is 11.5 Å². The molecule has 0 saturated heterocycles. The van der Waals surface area contributed by atoms with Crippen LogP contribution in [-0.4, -0.2) is 30.1 Å². The Morgan fingerprint density at radius 2 is 2.08 bits per heavy atom. The fourth-order valence-electron chi connectivity index (χ4n) is 2.90. The number of H-pyrrole nitrogens is 1. The first-order valence-corrected chi connectivity index (χ1v) is 7.66. The van der Waals surface area contributed by atoms with Gasteiger partial charge in [-0.05, 0) is 6.92 Å². The summed E-state index contributed by atoms with van der Waals surface area (Å²) in [6.07, 6.45) is -1.60. The van der Waals surface area contributed by atoms with E-state index in [1.807, 2.05) is 0 Å². The number of halogens is 5. The Balaban J connectivity index is 0.00000210. The molecule has 4 rings (SSSR count). The van der Waals surface area contributed by atoms with Crippen LogP contribution in [0.4, 0.5) is 22.0 Å². The van der Waals surface area contributed by atoms with Crippen molar-refractivity contribution in [1.29, 1.82) is 0 Å². The summed E-state index contributed by atoms with van der Waals surface area (Å²) >= 11 is 0. The fourth-order valence-corrected chi connectivity index (χ4v) is 2.90. The second-order valence-corrected chi connectivity index (χ2v) is 6.38. The van der Waals surface area contributed by atoms with Crippen molar-refractivity contribution in [3.05, 3.63) is 40.3 Å². The summed E-state index contributed by atoms with van der Waals surface area (Å²) in [7, 11) is 0. The minimum Gasteiger partial charge on any atom is -0.328 e. The van der Waals surface area contributed by atoms with E-state index in [1.54, 1.807) is 6.92 Å². The Morgan fingerprint density at radius 1 is 1.38 bits per heavy atom. The largest absolute Gasteiger partial charge is 0.434 e. The molecule has 26 heavy (non-hydrogen) atoms. The first-order valence-electron chi connectivity index (χ1n) is 7.66. The second-order valence-electron chi connectivity index (χ2n) is 6.38. The van der Waals surface area contributed by atoms with Gasteiger partial charge >= 0.3 is 6.18 Å². The third-order valence-corrected chi connectivity index (χ3v) is 4.30. The minimum absolute atomic E-state index is 0. The molecule has 1 aliphatic carbocycles. The molecule has 1 aliphatic rings. The Morgan fingerprint density at radius 3 is 2.69 bits per heavy atom. The summed E-state index contributed by atoms with van der Waals surface area (Å²) in [5, 5.41) is 3.82. The van der Waals surface area contributed by atoms with E-state index < -0.39 is 34.8 Å². The Kier molecular flexibility index (Phi) is 3.31. The van der Waals surface area contributed by atoms with Crippen molar-refractivity contribution < 1.29 is 23.4 Å². The van der Waals surface area contributed by atoms with E-state index >= 15 is 0 Å². The number of nitrogens with zero attached hydrogens (tertiary/aromatic N) is 4. The SMILES string of the molecule is Cc1cn2c(=O)c(-c3cnn(C[C@H]4CC4(F)F)c3)c(C(F)(F)F)nc2[nH]1.[HH]. The summed E-state index contributed by atoms with van der Waals surface area (Å²) in [6, 6.07) is 0. The number of hydrogen-bond acceptors (Lipinski definition) is 3. The quantitative estimate of drug-likeness (QED) is 0.716. The molecule has 0 unspecified atom stereocenters. The normalized spacial score (nSPS) is 19.2. The molecule has 140 valence electrons. The number of aromatic nitrogens is 5. The van der Waals surface area contributed by atoms with Gasteiger partial charge in [-0.15, -0.1) is 0 Å². The predicted molar refractivity (Wildman–Crippen MR) is 81.9 cm³/mol. The van der Waals surface area contributed by atoms with Crippen LogP contribution >= 0.6 is 0 Å². The summed E-state index contributed by atoms with van der Waals surface area (Å²) in [6.45, 7) is 1.45. The third-order valence-electron chi connectivity index (χ3n) is 4.30. The van der Waals surface area contributed by atoms with E-state index in [0.29, 0.717) is 5.69 Å². The maximum Gasteiger partial charge on any atom is 0.434 e. The van der Waals surface area contributed by atoms with Crippen LogP contribution in [0.15, 0.2) is 23.4 Å². The molecule has 1 N–H and O–H groups in total. The molecule has 3 aromatic rings. The molecule has 0 spiro atoms. The van der Waals surface area contributed by atoms with Crippen LogP contribution in [0, 0.1) is 12.8 Å². The van der Waals surface area contributed by atoms with Crippen LogP contribution in [0.5, 0.6) is 0 Å². The lowest BCUT2D eigenvalue weighted by Gasteiger charge is -2.10. The molecule has 1 atom stereocenters. The average Bonchev–Trinajstić information content (AvgIpc) is 2.90. The zero-order valence-electron chi connectivity index (χ0n) is 13.3. The molecular formula is C15H14F5N5O. The molecule has 0 aliphatic heterocycles. The monoisotopic (exact) mass is 375 g/mol. The van der Waals surface area contributed by atoms with Crippen LogP contribution in [0.1, 0.15) is 19.2 Å². The van der Waals surface area contributed by atoms with Crippen LogP contribution < -0.4 is 5.56 Å². The molecule has 11 heteroatoms. The number of hydrogen-bond donors (Lipinski definition) is 1. The highest BCUT2D eigenvalue weighted by molar-refractivity contribution is 5.65. The number of alkyl halides is 5. The van der Waals surface area contributed by atoms with Gasteiger partial charge < -0.3 is 4.98 Å². The van der Waals surface area contributed by atoms with Crippen molar-refractivity contribution in [2.75, 3.05) is 0 Å². The highest BCUT2D eigenvalue weighted by Gasteiger charge is 2.56. The van der Waals surface area contributed by atoms with E-state index in [-0.39, 0.29) is 25.7 Å². The summed E-state index contributed by atoms with van der Waals surface area (Å²) in [5.41, 5.74) is -2.58. The van der Waals surface area contributed by atoms with E-state index in [1.165, 1.54) is 6.20 Å². The highest BCUT2D eigenvalue weighted by Crippen LogP contribution is 2.49. The van der Waals surface area contributed by atoms with Crippen LogP contribution in [-0.2, 0) is 12.7 Å². The third kappa shape index (κ3) is 2.67. The van der Waals surface area contributed by atoms with Crippen LogP contribution in [0.3, 0.4) is 0 Å². The molecule has 6 nitrogen and oxygen atoms in total. The van der Waals surface area contributed by atoms with Crippen LogP contribution in [0.25, 0.3) is 16.9 Å². The van der Waals surface area contributed by atoms with Crippen molar-refractivity contribution in [3.8, 4) is 11.1 Å². The highest BCUT2D eigenvalue weighted by atomic mass is 19.4. The second kappa shape index (κ2) is 5.15. The summed E-state index contributed by atoms with van der Waals surface area (Å²) in [5.74, 6) is -3.90. The molecule has 3 aromatic heterocycles. The zero-order chi connectivity index (χ0) is 18.9. The lowest BCUT2D eigenvalue weighted by Crippen LogP contribution is -2.23. The molecule has 0 radical (unpaired) electrons. The van der Waals surface area contributed by atoms with Crippen LogP contribution in [0.2, 0.25) is 0 Å². The van der Waals surface area contributed by atoms with E-state index in [9.17, 15) is 26.7 Å². The van der Waals surface area contributed by atoms with Gasteiger partial charge in [-0.3, -0.25) is 13.9 Å². The van der Waals surface area contributed by atoms with Gasteiger partial charge in [0, 0.05) is 44.0 Å². The first-order chi connectivity index (χ1) is 12.1. The maximum absolute atomic E-state index is 13.4. The molecule has 3 heterocycles. The Labute approximate surface area is 143 Å². The van der Waals surface area contributed by atoms with E-state index in [2.05, 4.69) is 15.1 Å². The number of nitrogens with one attached hydrogen (secondary N) is 1. The zero-order valence-corrected chi connectivity index (χ0v) is 13.3. The molecule has 0 bridgehead atoms. The number of imidazole rings is 1. The van der Waals surface area contributed by atoms with Gasteiger partial charge in [-0.25, -0.2) is 13.8 Å². The van der Waals surface area contributed by atoms with Crippen molar-refractivity contribution in [2.24, 2.45) is 5.92 Å². The van der Waals surface area contributed by atoms with Gasteiger partial charge in [0.15, 0.2) is 5.69 Å². The first kappa shape index (κ1) is 16.7. The topological polar surface area (TPSA) is 68.0 Å². The van der Waals surface area contributed by atoms with Gasteiger partial charge in [0.2, 0.25) is 5.78 Å². The number of aromatic amines is 1. The lowest BCUT2D eigenvalue weighted by atomic mass is 10.1. The van der Waals surface area contributed by atoms with Gasteiger partial charge in [0.1, 0.15) is 0 Å². The summed E-state index contributed by atoms with van der Waals surface area (Å²) in [4.78, 5) is 18.7. The minimum atomic E-state index is -4.87. The summed E-state index contributed by atoms with van der Waals surface area (Å²) < 4.78 is 68.4. The standard InChI is InChI=1S/C15H12F5N5O.H2/c1-7-4-25-12(26)10(11(15(18,19)20)23-13(25)22-7)8-3-21-24(5-8)6-9-2-14(9,16)17;/h3-5,9H,2,6H2,1H3,(H,22,23);1H/t9-;/m1./s1. The average molecular weight is 375 g/mol. The molecule has 0 amide bonds. The van der Waals surface area contributed by atoms with Crippen molar-refractivity contribution >= 4 is 5.78 Å². The van der Waals surface area contributed by atoms with Gasteiger partial charge in [0.05, 0.1) is 11.8 Å². The predicted octanol–water partition coefficient (Wildman–Crippen LogP) is 3.11. The number of fused-ring (bicyclic) bond motifs is 1. The maximum atomic E-state index is 13.4. The molecule has 0 aromatic carbocycles. The molecular weight excluding hydrogens is 361 g/mol. The number of aryl methyl sites for hydroxylation is 1.